The average Bonchev–Trinajstić information content (AvgIpc) is 3.12. The van der Waals surface area contributed by atoms with E-state index in [1.807, 2.05) is 0 Å². The van der Waals surface area contributed by atoms with Crippen molar-refractivity contribution < 1.29 is 18.0 Å². The van der Waals surface area contributed by atoms with Crippen molar-refractivity contribution in [3.05, 3.63) is 34.4 Å². The number of anilines is 1. The molecule has 0 saturated carbocycles. The van der Waals surface area contributed by atoms with Crippen LogP contribution < -0.4 is 5.32 Å². The van der Waals surface area contributed by atoms with Crippen molar-refractivity contribution in [2.45, 2.75) is 26.4 Å². The molecule has 0 aliphatic carbocycles. The van der Waals surface area contributed by atoms with Crippen molar-refractivity contribution in [1.82, 2.24) is 24.6 Å². The number of hydrogen-bond donors (Lipinski definition) is 1. The number of nitrogens with one attached hydrogen (secondary N) is 1. The van der Waals surface area contributed by atoms with Crippen LogP contribution in [-0.2, 0) is 17.4 Å². The molecule has 3 aromatic heterocycles. The zero-order valence-electron chi connectivity index (χ0n) is 12.5. The van der Waals surface area contributed by atoms with Crippen molar-refractivity contribution >= 4 is 28.2 Å². The second-order valence-electron chi connectivity index (χ2n) is 4.97. The number of aromatic nitrogens is 5. The minimum absolute atomic E-state index is 0.0542. The molecular formula is C13H11F3N6OS. The monoisotopic (exact) mass is 356 g/mol. The second kappa shape index (κ2) is 5.82. The number of amides is 1. The maximum atomic E-state index is 12.7. The Morgan fingerprint density at radius 1 is 1.33 bits per heavy atom. The third-order valence-electron chi connectivity index (χ3n) is 3.32. The van der Waals surface area contributed by atoms with Gasteiger partial charge in [0, 0.05) is 28.5 Å². The molecule has 0 radical (unpaired) electrons. The van der Waals surface area contributed by atoms with Crippen molar-refractivity contribution in [1.29, 1.82) is 0 Å². The van der Waals surface area contributed by atoms with Crippen LogP contribution in [0.25, 0.3) is 5.78 Å². The van der Waals surface area contributed by atoms with E-state index in [4.69, 9.17) is 0 Å². The van der Waals surface area contributed by atoms with Crippen molar-refractivity contribution in [2.24, 2.45) is 0 Å². The average molecular weight is 356 g/mol. The first-order chi connectivity index (χ1) is 11.3. The molecule has 0 spiro atoms. The lowest BCUT2D eigenvalue weighted by molar-refractivity contribution is -0.144. The number of fused-ring (bicyclic) bond motifs is 1. The van der Waals surface area contributed by atoms with Crippen LogP contribution in [0.15, 0.2) is 11.6 Å². The standard InChI is InChI=1S/C13H11F3N6OS/c1-6-8(5-9(23)19-12-17-3-4-24-12)7(2)22-11(18-6)20-10(21-22)13(14,15)16/h3-4H,5H2,1-2H3,(H,17,19,23). The molecule has 0 aliphatic heterocycles. The minimum atomic E-state index is -4.66. The summed E-state index contributed by atoms with van der Waals surface area (Å²) in [6.07, 6.45) is -3.16. The lowest BCUT2D eigenvalue weighted by Crippen LogP contribution is -2.17. The van der Waals surface area contributed by atoms with Gasteiger partial charge < -0.3 is 5.32 Å². The van der Waals surface area contributed by atoms with Gasteiger partial charge in [-0.15, -0.1) is 16.4 Å². The number of hydrogen-bond acceptors (Lipinski definition) is 6. The molecule has 3 aromatic rings. The molecule has 3 heterocycles. The normalized spacial score (nSPS) is 11.9. The van der Waals surface area contributed by atoms with Crippen LogP contribution >= 0.6 is 11.3 Å². The number of carbonyl (C=O) groups is 1. The molecule has 0 aromatic carbocycles. The van der Waals surface area contributed by atoms with Gasteiger partial charge in [0.25, 0.3) is 11.6 Å². The number of rotatable bonds is 3. The molecule has 0 fully saturated rings. The maximum Gasteiger partial charge on any atom is 0.453 e. The van der Waals surface area contributed by atoms with Gasteiger partial charge in [0.2, 0.25) is 5.91 Å². The fourth-order valence-electron chi connectivity index (χ4n) is 2.19. The van der Waals surface area contributed by atoms with Gasteiger partial charge in [-0.1, -0.05) is 0 Å². The Balaban J connectivity index is 1.94. The summed E-state index contributed by atoms with van der Waals surface area (Å²) in [6, 6.07) is 0. The number of thiazole rings is 1. The van der Waals surface area contributed by atoms with Gasteiger partial charge in [0.15, 0.2) is 5.13 Å². The molecule has 0 saturated heterocycles. The predicted molar refractivity (Wildman–Crippen MR) is 79.7 cm³/mol. The highest BCUT2D eigenvalue weighted by atomic mass is 32.1. The summed E-state index contributed by atoms with van der Waals surface area (Å²) in [4.78, 5) is 23.4. The number of carbonyl (C=O) groups excluding carboxylic acids is 1. The maximum absolute atomic E-state index is 12.7. The van der Waals surface area contributed by atoms with Crippen LogP contribution in [0.4, 0.5) is 18.3 Å². The Morgan fingerprint density at radius 3 is 2.71 bits per heavy atom. The van der Waals surface area contributed by atoms with E-state index in [2.05, 4.69) is 25.4 Å². The van der Waals surface area contributed by atoms with Crippen LogP contribution in [0, 0.1) is 13.8 Å². The zero-order chi connectivity index (χ0) is 17.5. The summed E-state index contributed by atoms with van der Waals surface area (Å²) in [7, 11) is 0. The van der Waals surface area contributed by atoms with E-state index in [0.29, 0.717) is 22.1 Å². The molecule has 7 nitrogen and oxygen atoms in total. The van der Waals surface area contributed by atoms with Gasteiger partial charge in [-0.05, 0) is 13.8 Å². The van der Waals surface area contributed by atoms with E-state index < -0.39 is 12.0 Å². The highest BCUT2D eigenvalue weighted by Gasteiger charge is 2.37. The Bertz CT molecular complexity index is 903. The molecule has 24 heavy (non-hydrogen) atoms. The van der Waals surface area contributed by atoms with E-state index in [0.717, 1.165) is 4.52 Å². The zero-order valence-corrected chi connectivity index (χ0v) is 13.4. The lowest BCUT2D eigenvalue weighted by Gasteiger charge is -2.09. The number of aryl methyl sites for hydroxylation is 2. The van der Waals surface area contributed by atoms with Crippen molar-refractivity contribution in [3.8, 4) is 0 Å². The van der Waals surface area contributed by atoms with Gasteiger partial charge >= 0.3 is 6.18 Å². The fourth-order valence-corrected chi connectivity index (χ4v) is 2.74. The SMILES string of the molecule is Cc1nc2nc(C(F)(F)F)nn2c(C)c1CC(=O)Nc1nccs1. The first-order valence-corrected chi connectivity index (χ1v) is 7.63. The van der Waals surface area contributed by atoms with Gasteiger partial charge in [-0.25, -0.2) is 14.5 Å². The first-order valence-electron chi connectivity index (χ1n) is 6.75. The molecule has 3 rings (SSSR count). The van der Waals surface area contributed by atoms with Gasteiger partial charge in [0.1, 0.15) is 0 Å². The van der Waals surface area contributed by atoms with Crippen LogP contribution in [0.2, 0.25) is 0 Å². The fraction of sp³-hybridized carbons (Fsp3) is 0.308. The summed E-state index contributed by atoms with van der Waals surface area (Å²) in [6.45, 7) is 3.18. The Kier molecular flexibility index (Phi) is 3.95. The summed E-state index contributed by atoms with van der Waals surface area (Å²) < 4.78 is 39.2. The molecule has 126 valence electrons. The molecule has 1 N–H and O–H groups in total. The minimum Gasteiger partial charge on any atom is -0.302 e. The van der Waals surface area contributed by atoms with Crippen molar-refractivity contribution in [3.63, 3.8) is 0 Å². The van der Waals surface area contributed by atoms with Gasteiger partial charge in [-0.2, -0.15) is 18.2 Å². The predicted octanol–water partition coefficient (Wildman–Crippen LogP) is 2.40. The summed E-state index contributed by atoms with van der Waals surface area (Å²) in [5.74, 6) is -1.75. The molecule has 0 atom stereocenters. The summed E-state index contributed by atoms with van der Waals surface area (Å²) in [5, 5.41) is 8.23. The van der Waals surface area contributed by atoms with E-state index in [-0.39, 0.29) is 18.1 Å². The third-order valence-corrected chi connectivity index (χ3v) is 4.01. The smallest absolute Gasteiger partial charge is 0.302 e. The van der Waals surface area contributed by atoms with Crippen LogP contribution in [0.3, 0.4) is 0 Å². The van der Waals surface area contributed by atoms with E-state index >= 15 is 0 Å². The topological polar surface area (TPSA) is 85.1 Å². The summed E-state index contributed by atoms with van der Waals surface area (Å²) >= 11 is 1.27. The lowest BCUT2D eigenvalue weighted by atomic mass is 10.1. The Morgan fingerprint density at radius 2 is 2.08 bits per heavy atom. The molecule has 0 aliphatic rings. The number of alkyl halides is 3. The first kappa shape index (κ1) is 16.3. The Labute approximate surface area is 137 Å². The third kappa shape index (κ3) is 3.07. The number of nitrogens with zero attached hydrogens (tertiary/aromatic N) is 5. The molecule has 0 unspecified atom stereocenters. The van der Waals surface area contributed by atoms with E-state index in [1.54, 1.807) is 25.4 Å². The van der Waals surface area contributed by atoms with Crippen LogP contribution in [0.5, 0.6) is 0 Å². The van der Waals surface area contributed by atoms with E-state index in [1.165, 1.54) is 11.3 Å². The summed E-state index contributed by atoms with van der Waals surface area (Å²) in [5.41, 5.74) is 1.31. The molecular weight excluding hydrogens is 345 g/mol. The Hall–Kier alpha value is -2.56. The van der Waals surface area contributed by atoms with E-state index in [9.17, 15) is 18.0 Å². The number of halogens is 3. The van der Waals surface area contributed by atoms with Gasteiger partial charge in [-0.3, -0.25) is 4.79 Å². The molecule has 0 bridgehead atoms. The quantitative estimate of drug-likeness (QED) is 0.779. The van der Waals surface area contributed by atoms with Crippen LogP contribution in [0.1, 0.15) is 22.8 Å². The highest BCUT2D eigenvalue weighted by Crippen LogP contribution is 2.27. The molecule has 1 amide bonds. The van der Waals surface area contributed by atoms with Crippen LogP contribution in [-0.4, -0.2) is 30.5 Å². The van der Waals surface area contributed by atoms with Gasteiger partial charge in [0.05, 0.1) is 6.42 Å². The highest BCUT2D eigenvalue weighted by molar-refractivity contribution is 7.13. The second-order valence-corrected chi connectivity index (χ2v) is 5.86. The largest absolute Gasteiger partial charge is 0.453 e. The molecule has 11 heteroatoms. The van der Waals surface area contributed by atoms with Crippen molar-refractivity contribution in [2.75, 3.05) is 5.32 Å².